The molecule has 0 bridgehead atoms. The third-order valence-corrected chi connectivity index (χ3v) is 2.79. The van der Waals surface area contributed by atoms with Crippen LogP contribution in [0.25, 0.3) is 0 Å². The fraction of sp³-hybridized carbons (Fsp3) is 0.600. The molecule has 2 N–H and O–H groups in total. The van der Waals surface area contributed by atoms with Gasteiger partial charge in [-0.15, -0.1) is 17.5 Å². The molecule has 16 heavy (non-hydrogen) atoms. The van der Waals surface area contributed by atoms with Gasteiger partial charge in [0.15, 0.2) is 5.15 Å². The molecule has 1 aliphatic rings. The first-order chi connectivity index (χ1) is 7.34. The highest BCUT2D eigenvalue weighted by molar-refractivity contribution is 6.29. The van der Waals surface area contributed by atoms with Gasteiger partial charge in [-0.3, -0.25) is 0 Å². The fourth-order valence-electron chi connectivity index (χ4n) is 1.73. The SMILES string of the molecule is Cl.Clc1ccc(CNCC2CCNC2)nn1. The molecule has 1 atom stereocenters. The summed E-state index contributed by atoms with van der Waals surface area (Å²) in [7, 11) is 0. The minimum atomic E-state index is 0. The third kappa shape index (κ3) is 4.22. The van der Waals surface area contributed by atoms with E-state index in [0.29, 0.717) is 5.15 Å². The van der Waals surface area contributed by atoms with Crippen molar-refractivity contribution in [3.05, 3.63) is 23.0 Å². The molecule has 0 radical (unpaired) electrons. The number of hydrogen-bond acceptors (Lipinski definition) is 4. The highest BCUT2D eigenvalue weighted by Crippen LogP contribution is 2.06. The van der Waals surface area contributed by atoms with E-state index in [1.54, 1.807) is 6.07 Å². The average Bonchev–Trinajstić information content (AvgIpc) is 2.74. The summed E-state index contributed by atoms with van der Waals surface area (Å²) in [6, 6.07) is 3.66. The van der Waals surface area contributed by atoms with Crippen LogP contribution < -0.4 is 10.6 Å². The molecule has 90 valence electrons. The predicted molar refractivity (Wildman–Crippen MR) is 67.0 cm³/mol. The van der Waals surface area contributed by atoms with Crippen LogP contribution in [0.5, 0.6) is 0 Å². The molecule has 0 aliphatic carbocycles. The Bertz CT molecular complexity index is 298. The summed E-state index contributed by atoms with van der Waals surface area (Å²) in [5.41, 5.74) is 0.936. The van der Waals surface area contributed by atoms with Gasteiger partial charge in [-0.2, -0.15) is 5.10 Å². The molecule has 1 aromatic rings. The Morgan fingerprint density at radius 2 is 2.31 bits per heavy atom. The second kappa shape index (κ2) is 7.01. The monoisotopic (exact) mass is 262 g/mol. The summed E-state index contributed by atoms with van der Waals surface area (Å²) in [4.78, 5) is 0. The van der Waals surface area contributed by atoms with Crippen molar-refractivity contribution in [2.45, 2.75) is 13.0 Å². The Hall–Kier alpha value is -0.420. The molecule has 4 nitrogen and oxygen atoms in total. The van der Waals surface area contributed by atoms with Crippen molar-refractivity contribution in [2.75, 3.05) is 19.6 Å². The number of nitrogens with one attached hydrogen (secondary N) is 2. The van der Waals surface area contributed by atoms with Gasteiger partial charge in [0.1, 0.15) is 0 Å². The van der Waals surface area contributed by atoms with Crippen molar-refractivity contribution in [3.63, 3.8) is 0 Å². The zero-order valence-corrected chi connectivity index (χ0v) is 10.5. The number of nitrogens with zero attached hydrogens (tertiary/aromatic N) is 2. The average molecular weight is 263 g/mol. The molecule has 0 saturated carbocycles. The molecule has 2 rings (SSSR count). The van der Waals surface area contributed by atoms with Crippen LogP contribution in [-0.2, 0) is 6.54 Å². The van der Waals surface area contributed by atoms with Crippen molar-refractivity contribution in [1.29, 1.82) is 0 Å². The van der Waals surface area contributed by atoms with Crippen molar-refractivity contribution in [1.82, 2.24) is 20.8 Å². The van der Waals surface area contributed by atoms with E-state index in [-0.39, 0.29) is 12.4 Å². The van der Waals surface area contributed by atoms with Crippen molar-refractivity contribution >= 4 is 24.0 Å². The van der Waals surface area contributed by atoms with Crippen LogP contribution in [0, 0.1) is 5.92 Å². The number of halogens is 2. The van der Waals surface area contributed by atoms with Gasteiger partial charge < -0.3 is 10.6 Å². The highest BCUT2D eigenvalue weighted by Gasteiger charge is 2.13. The maximum atomic E-state index is 5.65. The minimum Gasteiger partial charge on any atom is -0.316 e. The van der Waals surface area contributed by atoms with Gasteiger partial charge in [0.2, 0.25) is 0 Å². The standard InChI is InChI=1S/C10H15ClN4.ClH/c11-10-2-1-9(14-15-10)7-13-6-8-3-4-12-5-8;/h1-2,8,12-13H,3-7H2;1H. The normalized spacial score (nSPS) is 19.4. The van der Waals surface area contributed by atoms with Crippen LogP contribution in [0.4, 0.5) is 0 Å². The Balaban J connectivity index is 0.00000128. The maximum absolute atomic E-state index is 5.65. The van der Waals surface area contributed by atoms with Gasteiger partial charge in [0, 0.05) is 6.54 Å². The summed E-state index contributed by atoms with van der Waals surface area (Å²) in [6.45, 7) is 4.07. The minimum absolute atomic E-state index is 0. The first-order valence-corrected chi connectivity index (χ1v) is 5.62. The van der Waals surface area contributed by atoms with E-state index >= 15 is 0 Å². The van der Waals surface area contributed by atoms with Crippen LogP contribution in [0.2, 0.25) is 5.15 Å². The zero-order valence-electron chi connectivity index (χ0n) is 8.95. The van der Waals surface area contributed by atoms with Gasteiger partial charge in [0.05, 0.1) is 5.69 Å². The zero-order chi connectivity index (χ0) is 10.5. The number of rotatable bonds is 4. The highest BCUT2D eigenvalue weighted by atomic mass is 35.5. The summed E-state index contributed by atoms with van der Waals surface area (Å²) in [5, 5.41) is 14.9. The molecule has 0 aromatic carbocycles. The Morgan fingerprint density at radius 3 is 2.94 bits per heavy atom. The van der Waals surface area contributed by atoms with Crippen LogP contribution in [0.1, 0.15) is 12.1 Å². The first kappa shape index (κ1) is 13.6. The van der Waals surface area contributed by atoms with Crippen LogP contribution in [-0.4, -0.2) is 29.8 Å². The molecule has 0 spiro atoms. The third-order valence-electron chi connectivity index (χ3n) is 2.59. The van der Waals surface area contributed by atoms with E-state index < -0.39 is 0 Å². The Kier molecular flexibility index (Phi) is 5.98. The molecular weight excluding hydrogens is 247 g/mol. The molecule has 1 fully saturated rings. The van der Waals surface area contributed by atoms with E-state index in [0.717, 1.165) is 37.8 Å². The van der Waals surface area contributed by atoms with Gasteiger partial charge in [-0.25, -0.2) is 0 Å². The van der Waals surface area contributed by atoms with Gasteiger partial charge >= 0.3 is 0 Å². The van der Waals surface area contributed by atoms with Crippen molar-refractivity contribution in [2.24, 2.45) is 5.92 Å². The lowest BCUT2D eigenvalue weighted by Crippen LogP contribution is -2.24. The maximum Gasteiger partial charge on any atom is 0.151 e. The lowest BCUT2D eigenvalue weighted by molar-refractivity contribution is 0.508. The largest absolute Gasteiger partial charge is 0.316 e. The van der Waals surface area contributed by atoms with Crippen LogP contribution in [0.3, 0.4) is 0 Å². The van der Waals surface area contributed by atoms with E-state index in [1.807, 2.05) is 6.07 Å². The lowest BCUT2D eigenvalue weighted by atomic mass is 10.1. The smallest absolute Gasteiger partial charge is 0.151 e. The van der Waals surface area contributed by atoms with Crippen molar-refractivity contribution < 1.29 is 0 Å². The molecule has 1 aromatic heterocycles. The summed E-state index contributed by atoms with van der Waals surface area (Å²) in [5.74, 6) is 0.755. The van der Waals surface area contributed by atoms with Crippen LogP contribution in [0.15, 0.2) is 12.1 Å². The Morgan fingerprint density at radius 1 is 1.44 bits per heavy atom. The van der Waals surface area contributed by atoms with E-state index in [9.17, 15) is 0 Å². The predicted octanol–water partition coefficient (Wildman–Crippen LogP) is 1.25. The van der Waals surface area contributed by atoms with Crippen LogP contribution >= 0.6 is 24.0 Å². The van der Waals surface area contributed by atoms with E-state index in [4.69, 9.17) is 11.6 Å². The topological polar surface area (TPSA) is 49.8 Å². The molecular formula is C10H16Cl2N4. The summed E-state index contributed by atoms with van der Waals surface area (Å²) in [6.07, 6.45) is 1.26. The first-order valence-electron chi connectivity index (χ1n) is 5.24. The fourth-order valence-corrected chi connectivity index (χ4v) is 1.83. The molecule has 1 aliphatic heterocycles. The van der Waals surface area contributed by atoms with E-state index in [1.165, 1.54) is 6.42 Å². The molecule has 1 saturated heterocycles. The van der Waals surface area contributed by atoms with Gasteiger partial charge in [-0.05, 0) is 44.1 Å². The molecule has 0 amide bonds. The summed E-state index contributed by atoms with van der Waals surface area (Å²) >= 11 is 5.65. The molecule has 6 heteroatoms. The Labute approximate surface area is 107 Å². The van der Waals surface area contributed by atoms with Gasteiger partial charge in [0.25, 0.3) is 0 Å². The lowest BCUT2D eigenvalue weighted by Gasteiger charge is -2.08. The summed E-state index contributed by atoms with van der Waals surface area (Å²) < 4.78 is 0. The quantitative estimate of drug-likeness (QED) is 0.858. The second-order valence-electron chi connectivity index (χ2n) is 3.84. The molecule has 2 heterocycles. The van der Waals surface area contributed by atoms with Crippen molar-refractivity contribution in [3.8, 4) is 0 Å². The van der Waals surface area contributed by atoms with Gasteiger partial charge in [-0.1, -0.05) is 11.6 Å². The number of hydrogen-bond donors (Lipinski definition) is 2. The second-order valence-corrected chi connectivity index (χ2v) is 4.22. The number of aromatic nitrogens is 2. The molecule has 1 unspecified atom stereocenters. The van der Waals surface area contributed by atoms with E-state index in [2.05, 4.69) is 20.8 Å².